The number of amides is 1. The fraction of sp³-hybridized carbons (Fsp3) is 0.611. The van der Waals surface area contributed by atoms with Gasteiger partial charge in [0.25, 0.3) is 0 Å². The average molecular weight is 325 g/mol. The predicted molar refractivity (Wildman–Crippen MR) is 94.6 cm³/mol. The predicted octanol–water partition coefficient (Wildman–Crippen LogP) is 3.20. The minimum Gasteiger partial charge on any atom is -0.343 e. The Kier molecular flexibility index (Phi) is 7.91. The van der Waals surface area contributed by atoms with Gasteiger partial charge in [0.15, 0.2) is 0 Å². The third-order valence-corrected chi connectivity index (χ3v) is 4.64. The van der Waals surface area contributed by atoms with Crippen LogP contribution in [0.5, 0.6) is 0 Å². The molecule has 1 aliphatic rings. The summed E-state index contributed by atoms with van der Waals surface area (Å²) >= 11 is 0. The van der Waals surface area contributed by atoms with Crippen molar-refractivity contribution in [1.29, 1.82) is 0 Å². The molecule has 0 radical (unpaired) electrons. The van der Waals surface area contributed by atoms with E-state index in [1.54, 1.807) is 0 Å². The second-order valence-corrected chi connectivity index (χ2v) is 6.44. The number of likely N-dealkylation sites (N-methyl/N-ethyl adjacent to an activating group) is 1. The summed E-state index contributed by atoms with van der Waals surface area (Å²) in [4.78, 5) is 14.2. The van der Waals surface area contributed by atoms with E-state index in [0.717, 1.165) is 25.9 Å². The fourth-order valence-corrected chi connectivity index (χ4v) is 2.91. The Hall–Kier alpha value is -1.06. The molecule has 1 amide bonds. The molecule has 0 saturated carbocycles. The van der Waals surface area contributed by atoms with Gasteiger partial charge in [-0.3, -0.25) is 4.79 Å². The lowest BCUT2D eigenvalue weighted by Gasteiger charge is -2.25. The molecule has 2 unspecified atom stereocenters. The van der Waals surface area contributed by atoms with Crippen LogP contribution in [0.25, 0.3) is 0 Å². The van der Waals surface area contributed by atoms with Gasteiger partial charge in [-0.15, -0.1) is 12.4 Å². The molecule has 4 heteroatoms. The highest BCUT2D eigenvalue weighted by molar-refractivity contribution is 5.85. The monoisotopic (exact) mass is 324 g/mol. The molecule has 0 aromatic heterocycles. The van der Waals surface area contributed by atoms with Crippen LogP contribution in [0, 0.1) is 12.8 Å². The third-order valence-electron chi connectivity index (χ3n) is 4.64. The highest BCUT2D eigenvalue weighted by Gasteiger charge is 2.19. The first kappa shape index (κ1) is 19.0. The minimum atomic E-state index is 0. The molecule has 1 heterocycles. The van der Waals surface area contributed by atoms with E-state index in [2.05, 4.69) is 43.4 Å². The van der Waals surface area contributed by atoms with Gasteiger partial charge in [0.05, 0.1) is 0 Å². The molecule has 1 aromatic rings. The molecule has 1 fully saturated rings. The zero-order valence-corrected chi connectivity index (χ0v) is 14.8. The number of halogens is 1. The molecule has 1 aliphatic heterocycles. The molecule has 22 heavy (non-hydrogen) atoms. The van der Waals surface area contributed by atoms with Crippen molar-refractivity contribution in [3.8, 4) is 0 Å². The van der Waals surface area contributed by atoms with Crippen LogP contribution in [-0.4, -0.2) is 37.0 Å². The maximum atomic E-state index is 12.3. The molecule has 2 rings (SSSR count). The van der Waals surface area contributed by atoms with Crippen molar-refractivity contribution < 1.29 is 4.79 Å². The number of aryl methyl sites for hydroxylation is 1. The third kappa shape index (κ3) is 5.62. The SMILES string of the molecule is Cc1ccc(CC(C)N(C)C(=O)CCC2CCNC2)cc1.Cl. The zero-order chi connectivity index (χ0) is 15.2. The normalized spacial score (nSPS) is 18.6. The standard InChI is InChI=1S/C18H28N2O.ClH/c1-14-4-6-16(7-5-14)12-15(2)20(3)18(21)9-8-17-10-11-19-13-17;/h4-7,15,17,19H,8-13H2,1-3H3;1H. The summed E-state index contributed by atoms with van der Waals surface area (Å²) in [5, 5.41) is 3.36. The van der Waals surface area contributed by atoms with Crippen molar-refractivity contribution in [2.45, 2.75) is 45.6 Å². The summed E-state index contributed by atoms with van der Waals surface area (Å²) in [6, 6.07) is 8.85. The Labute approximate surface area is 140 Å². The summed E-state index contributed by atoms with van der Waals surface area (Å²) in [6.07, 6.45) is 3.85. The highest BCUT2D eigenvalue weighted by atomic mass is 35.5. The molecular formula is C18H29ClN2O. The first-order valence-electron chi connectivity index (χ1n) is 8.08. The Balaban J connectivity index is 0.00000242. The summed E-state index contributed by atoms with van der Waals surface area (Å²) in [6.45, 7) is 6.42. The van der Waals surface area contributed by atoms with Crippen molar-refractivity contribution in [2.24, 2.45) is 5.92 Å². The maximum Gasteiger partial charge on any atom is 0.222 e. The van der Waals surface area contributed by atoms with E-state index in [1.807, 2.05) is 11.9 Å². The molecule has 124 valence electrons. The number of nitrogens with zero attached hydrogens (tertiary/aromatic N) is 1. The molecule has 1 saturated heterocycles. The van der Waals surface area contributed by atoms with Crippen LogP contribution in [-0.2, 0) is 11.2 Å². The van der Waals surface area contributed by atoms with Crippen LogP contribution in [0.2, 0.25) is 0 Å². The number of rotatable bonds is 6. The Bertz CT molecular complexity index is 455. The van der Waals surface area contributed by atoms with Crippen molar-refractivity contribution in [2.75, 3.05) is 20.1 Å². The molecule has 1 N–H and O–H groups in total. The van der Waals surface area contributed by atoms with Gasteiger partial charge in [-0.2, -0.15) is 0 Å². The molecule has 3 nitrogen and oxygen atoms in total. The summed E-state index contributed by atoms with van der Waals surface area (Å²) in [5.41, 5.74) is 2.58. The summed E-state index contributed by atoms with van der Waals surface area (Å²) < 4.78 is 0. The quantitative estimate of drug-likeness (QED) is 0.871. The lowest BCUT2D eigenvalue weighted by molar-refractivity contribution is -0.131. The number of benzene rings is 1. The number of carbonyl (C=O) groups excluding carboxylic acids is 1. The van der Waals surface area contributed by atoms with Crippen LogP contribution in [0.3, 0.4) is 0 Å². The van der Waals surface area contributed by atoms with Crippen LogP contribution in [0.4, 0.5) is 0 Å². The van der Waals surface area contributed by atoms with Gasteiger partial charge in [-0.1, -0.05) is 29.8 Å². The first-order valence-corrected chi connectivity index (χ1v) is 8.08. The highest BCUT2D eigenvalue weighted by Crippen LogP contribution is 2.16. The van der Waals surface area contributed by atoms with E-state index in [0.29, 0.717) is 12.3 Å². The van der Waals surface area contributed by atoms with E-state index in [9.17, 15) is 4.79 Å². The van der Waals surface area contributed by atoms with Crippen molar-refractivity contribution in [1.82, 2.24) is 10.2 Å². The largest absolute Gasteiger partial charge is 0.343 e. The van der Waals surface area contributed by atoms with E-state index in [4.69, 9.17) is 0 Å². The van der Waals surface area contributed by atoms with Crippen molar-refractivity contribution >= 4 is 18.3 Å². The lowest BCUT2D eigenvalue weighted by Crippen LogP contribution is -2.36. The second-order valence-electron chi connectivity index (χ2n) is 6.44. The zero-order valence-electron chi connectivity index (χ0n) is 14.0. The maximum absolute atomic E-state index is 12.3. The van der Waals surface area contributed by atoms with Crippen molar-refractivity contribution in [3.63, 3.8) is 0 Å². The molecule has 0 aliphatic carbocycles. The van der Waals surface area contributed by atoms with Gasteiger partial charge < -0.3 is 10.2 Å². The summed E-state index contributed by atoms with van der Waals surface area (Å²) in [5.74, 6) is 0.969. The number of hydrogen-bond donors (Lipinski definition) is 1. The smallest absolute Gasteiger partial charge is 0.222 e. The van der Waals surface area contributed by atoms with Crippen LogP contribution in [0.15, 0.2) is 24.3 Å². The van der Waals surface area contributed by atoms with E-state index >= 15 is 0 Å². The van der Waals surface area contributed by atoms with Gasteiger partial charge >= 0.3 is 0 Å². The average Bonchev–Trinajstić information content (AvgIpc) is 2.99. The number of nitrogens with one attached hydrogen (secondary N) is 1. The van der Waals surface area contributed by atoms with Crippen LogP contribution < -0.4 is 5.32 Å². The number of carbonyl (C=O) groups is 1. The molecule has 1 aromatic carbocycles. The molecule has 0 spiro atoms. The Morgan fingerprint density at radius 3 is 2.64 bits per heavy atom. The van der Waals surface area contributed by atoms with Gasteiger partial charge in [0.2, 0.25) is 5.91 Å². The number of hydrogen-bond acceptors (Lipinski definition) is 2. The topological polar surface area (TPSA) is 32.3 Å². The Morgan fingerprint density at radius 2 is 2.05 bits per heavy atom. The lowest BCUT2D eigenvalue weighted by atomic mass is 10.0. The van der Waals surface area contributed by atoms with Gasteiger partial charge in [-0.05, 0) is 57.7 Å². The van der Waals surface area contributed by atoms with Gasteiger partial charge in [0.1, 0.15) is 0 Å². The van der Waals surface area contributed by atoms with E-state index in [-0.39, 0.29) is 24.4 Å². The fourth-order valence-electron chi connectivity index (χ4n) is 2.91. The van der Waals surface area contributed by atoms with Crippen LogP contribution >= 0.6 is 12.4 Å². The summed E-state index contributed by atoms with van der Waals surface area (Å²) in [7, 11) is 1.94. The van der Waals surface area contributed by atoms with Gasteiger partial charge in [0, 0.05) is 19.5 Å². The minimum absolute atomic E-state index is 0. The molecular weight excluding hydrogens is 296 g/mol. The van der Waals surface area contributed by atoms with Gasteiger partial charge in [-0.25, -0.2) is 0 Å². The molecule has 0 bridgehead atoms. The van der Waals surface area contributed by atoms with Crippen molar-refractivity contribution in [3.05, 3.63) is 35.4 Å². The Morgan fingerprint density at radius 1 is 1.36 bits per heavy atom. The van der Waals surface area contributed by atoms with E-state index < -0.39 is 0 Å². The van der Waals surface area contributed by atoms with E-state index in [1.165, 1.54) is 17.5 Å². The van der Waals surface area contributed by atoms with Crippen LogP contribution in [0.1, 0.15) is 37.3 Å². The second kappa shape index (κ2) is 9.16. The molecule has 2 atom stereocenters. The first-order chi connectivity index (χ1) is 10.1.